The van der Waals surface area contributed by atoms with E-state index in [0.29, 0.717) is 30.2 Å². The van der Waals surface area contributed by atoms with E-state index < -0.39 is 31.9 Å². The number of carbonyl (C=O) groups excluding carboxylic acids is 1. The fourth-order valence-electron chi connectivity index (χ4n) is 3.70. The Morgan fingerprint density at radius 2 is 1.74 bits per heavy atom. The summed E-state index contributed by atoms with van der Waals surface area (Å²) in [6.45, 7) is 3.71. The Hall–Kier alpha value is -2.18. The summed E-state index contributed by atoms with van der Waals surface area (Å²) < 4.78 is 60.2. The lowest BCUT2D eigenvalue weighted by Gasteiger charge is -2.31. The van der Waals surface area contributed by atoms with Gasteiger partial charge in [0, 0.05) is 24.2 Å². The molecule has 186 valence electrons. The van der Waals surface area contributed by atoms with Gasteiger partial charge in [-0.2, -0.15) is 4.31 Å². The van der Waals surface area contributed by atoms with Crippen molar-refractivity contribution in [3.05, 3.63) is 47.5 Å². The van der Waals surface area contributed by atoms with Crippen LogP contribution in [0.4, 0.5) is 5.69 Å². The predicted molar refractivity (Wildman–Crippen MR) is 130 cm³/mol. The number of sulfonamides is 2. The number of benzene rings is 2. The van der Waals surface area contributed by atoms with Gasteiger partial charge in [0.1, 0.15) is 5.75 Å². The van der Waals surface area contributed by atoms with Gasteiger partial charge in [0.25, 0.3) is 0 Å². The molecule has 1 saturated heterocycles. The maximum absolute atomic E-state index is 13.1. The number of hydrogen-bond donors (Lipinski definition) is 2. The number of halogens is 1. The Bertz CT molecular complexity index is 1250. The molecule has 0 unspecified atom stereocenters. The number of rotatable bonds is 8. The van der Waals surface area contributed by atoms with Gasteiger partial charge in [0.2, 0.25) is 26.0 Å². The van der Waals surface area contributed by atoms with Crippen molar-refractivity contribution in [1.82, 2.24) is 9.03 Å². The van der Waals surface area contributed by atoms with E-state index in [1.54, 1.807) is 13.8 Å². The molecule has 0 spiro atoms. The van der Waals surface area contributed by atoms with Crippen molar-refractivity contribution in [2.75, 3.05) is 25.5 Å². The van der Waals surface area contributed by atoms with Gasteiger partial charge in [-0.05, 0) is 69.2 Å². The second-order valence-corrected chi connectivity index (χ2v) is 12.4. The average Bonchev–Trinajstić information content (AvgIpc) is 2.78. The van der Waals surface area contributed by atoms with Crippen molar-refractivity contribution < 1.29 is 26.4 Å². The van der Waals surface area contributed by atoms with E-state index in [-0.39, 0.29) is 28.1 Å². The molecule has 2 aromatic carbocycles. The van der Waals surface area contributed by atoms with E-state index >= 15 is 0 Å². The number of amides is 1. The summed E-state index contributed by atoms with van der Waals surface area (Å²) in [6, 6.07) is 9.75. The molecule has 1 atom stereocenters. The SMILES string of the molecule is COc1ccc(S(=O)(=O)NC(C)C)cc1NC(=O)[C@H]1CCCN(S(=O)(=O)c2ccc(Cl)cc2)C1. The first-order chi connectivity index (χ1) is 15.9. The van der Waals surface area contributed by atoms with E-state index in [1.807, 2.05) is 0 Å². The first-order valence-corrected chi connectivity index (χ1v) is 14.0. The van der Waals surface area contributed by atoms with Crippen LogP contribution in [0.3, 0.4) is 0 Å². The van der Waals surface area contributed by atoms with Crippen molar-refractivity contribution >= 4 is 43.2 Å². The van der Waals surface area contributed by atoms with Gasteiger partial charge in [-0.3, -0.25) is 4.79 Å². The first-order valence-electron chi connectivity index (χ1n) is 10.7. The molecule has 0 bridgehead atoms. The molecule has 1 heterocycles. The second kappa shape index (κ2) is 10.6. The molecule has 3 rings (SSSR count). The van der Waals surface area contributed by atoms with E-state index in [2.05, 4.69) is 10.0 Å². The van der Waals surface area contributed by atoms with Crippen molar-refractivity contribution in [2.24, 2.45) is 5.92 Å². The van der Waals surface area contributed by atoms with Crippen LogP contribution in [0.1, 0.15) is 26.7 Å². The minimum absolute atomic E-state index is 0.00596. The minimum Gasteiger partial charge on any atom is -0.495 e. The smallest absolute Gasteiger partial charge is 0.243 e. The number of anilines is 1. The highest BCUT2D eigenvalue weighted by Gasteiger charge is 2.33. The molecule has 1 aliphatic heterocycles. The summed E-state index contributed by atoms with van der Waals surface area (Å²) >= 11 is 5.86. The Labute approximate surface area is 205 Å². The number of nitrogens with one attached hydrogen (secondary N) is 2. The lowest BCUT2D eigenvalue weighted by atomic mass is 9.98. The molecule has 0 aliphatic carbocycles. The summed E-state index contributed by atoms with van der Waals surface area (Å²) in [6.07, 6.45) is 1.00. The number of nitrogens with zero attached hydrogens (tertiary/aromatic N) is 1. The highest BCUT2D eigenvalue weighted by molar-refractivity contribution is 7.89. The topological polar surface area (TPSA) is 122 Å². The Balaban J connectivity index is 1.80. The Morgan fingerprint density at radius 3 is 2.35 bits per heavy atom. The zero-order chi connectivity index (χ0) is 25.1. The molecule has 34 heavy (non-hydrogen) atoms. The van der Waals surface area contributed by atoms with E-state index in [1.165, 1.54) is 53.9 Å². The van der Waals surface area contributed by atoms with Crippen LogP contribution >= 0.6 is 11.6 Å². The van der Waals surface area contributed by atoms with Gasteiger partial charge in [-0.25, -0.2) is 21.6 Å². The summed E-state index contributed by atoms with van der Waals surface area (Å²) in [5.41, 5.74) is 0.191. The zero-order valence-electron chi connectivity index (χ0n) is 19.1. The van der Waals surface area contributed by atoms with E-state index in [0.717, 1.165) is 0 Å². The number of piperidine rings is 1. The summed E-state index contributed by atoms with van der Waals surface area (Å²) in [4.78, 5) is 13.1. The third-order valence-corrected chi connectivity index (χ3v) is 9.12. The van der Waals surface area contributed by atoms with Crippen LogP contribution < -0.4 is 14.8 Å². The van der Waals surface area contributed by atoms with Crippen molar-refractivity contribution in [3.8, 4) is 5.75 Å². The first kappa shape index (κ1) is 26.4. The number of methoxy groups -OCH3 is 1. The van der Waals surface area contributed by atoms with Gasteiger partial charge in [0.15, 0.2) is 0 Å². The maximum Gasteiger partial charge on any atom is 0.243 e. The van der Waals surface area contributed by atoms with Gasteiger partial charge in [-0.1, -0.05) is 11.6 Å². The predicted octanol–water partition coefficient (Wildman–Crippen LogP) is 3.07. The van der Waals surface area contributed by atoms with Crippen LogP contribution in [0.5, 0.6) is 5.75 Å². The summed E-state index contributed by atoms with van der Waals surface area (Å²) in [5, 5.41) is 3.15. The molecule has 12 heteroatoms. The normalized spacial score (nSPS) is 17.5. The van der Waals surface area contributed by atoms with Gasteiger partial charge in [-0.15, -0.1) is 0 Å². The zero-order valence-corrected chi connectivity index (χ0v) is 21.5. The molecular weight excluding hydrogens is 502 g/mol. The molecule has 2 aromatic rings. The van der Waals surface area contributed by atoms with Crippen molar-refractivity contribution in [3.63, 3.8) is 0 Å². The van der Waals surface area contributed by atoms with Crippen LogP contribution in [0.15, 0.2) is 52.3 Å². The Kier molecular flexibility index (Phi) is 8.25. The van der Waals surface area contributed by atoms with Gasteiger partial charge < -0.3 is 10.1 Å². The maximum atomic E-state index is 13.1. The molecule has 1 amide bonds. The fourth-order valence-corrected chi connectivity index (χ4v) is 6.62. The van der Waals surface area contributed by atoms with Crippen LogP contribution in [-0.2, 0) is 24.8 Å². The largest absolute Gasteiger partial charge is 0.495 e. The molecule has 0 saturated carbocycles. The lowest BCUT2D eigenvalue weighted by Crippen LogP contribution is -2.43. The standard InChI is InChI=1S/C22H28ClN3O6S2/c1-15(2)25-33(28,29)19-10-11-21(32-3)20(13-19)24-22(27)16-5-4-12-26(14-16)34(30,31)18-8-6-17(23)7-9-18/h6-11,13,15-16,25H,4-5,12,14H2,1-3H3,(H,24,27)/t16-/m0/s1. The molecule has 9 nitrogen and oxygen atoms in total. The van der Waals surface area contributed by atoms with Gasteiger partial charge >= 0.3 is 0 Å². The van der Waals surface area contributed by atoms with Crippen LogP contribution in [0.2, 0.25) is 5.02 Å². The Morgan fingerprint density at radius 1 is 1.09 bits per heavy atom. The van der Waals surface area contributed by atoms with Crippen LogP contribution in [0.25, 0.3) is 0 Å². The highest BCUT2D eigenvalue weighted by atomic mass is 35.5. The highest BCUT2D eigenvalue weighted by Crippen LogP contribution is 2.30. The van der Waals surface area contributed by atoms with Crippen molar-refractivity contribution in [2.45, 2.75) is 42.5 Å². The fraction of sp³-hybridized carbons (Fsp3) is 0.409. The summed E-state index contributed by atoms with van der Waals surface area (Å²) in [5.74, 6) is -0.742. The third-order valence-electron chi connectivity index (χ3n) is 5.34. The van der Waals surface area contributed by atoms with Crippen LogP contribution in [-0.4, -0.2) is 53.3 Å². The molecule has 1 fully saturated rings. The number of hydrogen-bond acceptors (Lipinski definition) is 6. The monoisotopic (exact) mass is 529 g/mol. The molecule has 1 aliphatic rings. The second-order valence-electron chi connectivity index (χ2n) is 8.28. The van der Waals surface area contributed by atoms with E-state index in [9.17, 15) is 21.6 Å². The lowest BCUT2D eigenvalue weighted by molar-refractivity contribution is -0.120. The van der Waals surface area contributed by atoms with Crippen LogP contribution in [0, 0.1) is 5.92 Å². The molecule has 0 aromatic heterocycles. The molecule has 2 N–H and O–H groups in total. The summed E-state index contributed by atoms with van der Waals surface area (Å²) in [7, 11) is -6.16. The quantitative estimate of drug-likeness (QED) is 0.542. The minimum atomic E-state index is -3.79. The molecule has 0 radical (unpaired) electrons. The molecular formula is C22H28ClN3O6S2. The number of carbonyl (C=O) groups is 1. The van der Waals surface area contributed by atoms with E-state index in [4.69, 9.17) is 16.3 Å². The number of ether oxygens (including phenoxy) is 1. The van der Waals surface area contributed by atoms with Gasteiger partial charge in [0.05, 0.1) is 28.5 Å². The van der Waals surface area contributed by atoms with Crippen molar-refractivity contribution in [1.29, 1.82) is 0 Å². The third kappa shape index (κ3) is 6.08. The average molecular weight is 530 g/mol.